The molecular formula is C16H26N2O. The molecule has 0 amide bonds. The maximum atomic E-state index is 5.93. The number of rotatable bonds is 4. The first-order valence-electron chi connectivity index (χ1n) is 7.30. The lowest BCUT2D eigenvalue weighted by Gasteiger charge is -2.42. The van der Waals surface area contributed by atoms with Crippen molar-refractivity contribution < 1.29 is 4.74 Å². The number of nitrogens with two attached hydrogens (primary N) is 1. The molecule has 1 fully saturated rings. The number of nitrogens with zero attached hydrogens (tertiary/aromatic N) is 1. The molecule has 2 atom stereocenters. The number of aryl methyl sites for hydroxylation is 1. The molecule has 0 radical (unpaired) electrons. The summed E-state index contributed by atoms with van der Waals surface area (Å²) in [6.45, 7) is 10.1. The summed E-state index contributed by atoms with van der Waals surface area (Å²) >= 11 is 0. The van der Waals surface area contributed by atoms with Crippen molar-refractivity contribution in [2.75, 3.05) is 26.2 Å². The van der Waals surface area contributed by atoms with E-state index >= 15 is 0 Å². The molecule has 0 spiro atoms. The maximum Gasteiger partial charge on any atom is 0.0894 e. The molecule has 1 aromatic rings. The van der Waals surface area contributed by atoms with Gasteiger partial charge in [-0.2, -0.15) is 0 Å². The van der Waals surface area contributed by atoms with E-state index in [0.717, 1.165) is 19.7 Å². The van der Waals surface area contributed by atoms with E-state index in [1.165, 1.54) is 23.1 Å². The minimum Gasteiger partial charge on any atom is -0.374 e. The number of hydrogen-bond acceptors (Lipinski definition) is 3. The quantitative estimate of drug-likeness (QED) is 0.905. The first kappa shape index (κ1) is 14.5. The third kappa shape index (κ3) is 2.99. The SMILES string of the molecule is CCCN1CCOC(CN)C1c1cccc(C)c1C. The highest BCUT2D eigenvalue weighted by Gasteiger charge is 2.33. The topological polar surface area (TPSA) is 38.5 Å². The van der Waals surface area contributed by atoms with Crippen molar-refractivity contribution in [1.29, 1.82) is 0 Å². The summed E-state index contributed by atoms with van der Waals surface area (Å²) in [7, 11) is 0. The molecule has 2 unspecified atom stereocenters. The minimum absolute atomic E-state index is 0.112. The zero-order valence-electron chi connectivity index (χ0n) is 12.4. The van der Waals surface area contributed by atoms with Gasteiger partial charge in [0.2, 0.25) is 0 Å². The third-order valence-electron chi connectivity index (χ3n) is 4.16. The molecule has 0 aliphatic carbocycles. The third-order valence-corrected chi connectivity index (χ3v) is 4.16. The van der Waals surface area contributed by atoms with Gasteiger partial charge in [0.25, 0.3) is 0 Å². The lowest BCUT2D eigenvalue weighted by atomic mass is 9.91. The number of benzene rings is 1. The monoisotopic (exact) mass is 262 g/mol. The maximum absolute atomic E-state index is 5.93. The summed E-state index contributed by atoms with van der Waals surface area (Å²) < 4.78 is 5.90. The van der Waals surface area contributed by atoms with Gasteiger partial charge in [-0.25, -0.2) is 0 Å². The molecule has 0 aromatic heterocycles. The highest BCUT2D eigenvalue weighted by Crippen LogP contribution is 2.32. The Labute approximate surface area is 116 Å². The van der Waals surface area contributed by atoms with Crippen molar-refractivity contribution in [2.24, 2.45) is 5.73 Å². The Hall–Kier alpha value is -0.900. The largest absolute Gasteiger partial charge is 0.374 e. The van der Waals surface area contributed by atoms with Crippen LogP contribution in [-0.4, -0.2) is 37.2 Å². The van der Waals surface area contributed by atoms with Gasteiger partial charge in [0, 0.05) is 13.1 Å². The zero-order chi connectivity index (χ0) is 13.8. The summed E-state index contributed by atoms with van der Waals surface area (Å²) in [6, 6.07) is 6.85. The lowest BCUT2D eigenvalue weighted by Crippen LogP contribution is -2.48. The van der Waals surface area contributed by atoms with Crippen LogP contribution in [0.5, 0.6) is 0 Å². The summed E-state index contributed by atoms with van der Waals surface area (Å²) in [5, 5.41) is 0. The molecule has 3 heteroatoms. The van der Waals surface area contributed by atoms with Crippen molar-refractivity contribution in [3.63, 3.8) is 0 Å². The fourth-order valence-electron chi connectivity index (χ4n) is 3.01. The van der Waals surface area contributed by atoms with Gasteiger partial charge in [-0.1, -0.05) is 25.1 Å². The van der Waals surface area contributed by atoms with Crippen LogP contribution in [-0.2, 0) is 4.74 Å². The van der Waals surface area contributed by atoms with Crippen molar-refractivity contribution in [2.45, 2.75) is 39.3 Å². The van der Waals surface area contributed by atoms with Gasteiger partial charge in [-0.15, -0.1) is 0 Å². The highest BCUT2D eigenvalue weighted by molar-refractivity contribution is 5.36. The fourth-order valence-corrected chi connectivity index (χ4v) is 3.01. The van der Waals surface area contributed by atoms with Gasteiger partial charge in [0.1, 0.15) is 0 Å². The van der Waals surface area contributed by atoms with Crippen molar-refractivity contribution in [3.05, 3.63) is 34.9 Å². The van der Waals surface area contributed by atoms with Gasteiger partial charge in [-0.05, 0) is 43.5 Å². The summed E-state index contributed by atoms with van der Waals surface area (Å²) in [4.78, 5) is 2.53. The molecule has 0 saturated carbocycles. The van der Waals surface area contributed by atoms with Crippen molar-refractivity contribution >= 4 is 0 Å². The van der Waals surface area contributed by atoms with E-state index in [2.05, 4.69) is 43.9 Å². The van der Waals surface area contributed by atoms with Crippen LogP contribution in [0.15, 0.2) is 18.2 Å². The van der Waals surface area contributed by atoms with Crippen molar-refractivity contribution in [3.8, 4) is 0 Å². The second-order valence-corrected chi connectivity index (χ2v) is 5.41. The standard InChI is InChI=1S/C16H26N2O/c1-4-8-18-9-10-19-15(11-17)16(18)14-7-5-6-12(2)13(14)3/h5-7,15-16H,4,8-11,17H2,1-3H3. The summed E-state index contributed by atoms with van der Waals surface area (Å²) in [5.41, 5.74) is 10.0. The first-order chi connectivity index (χ1) is 9.19. The van der Waals surface area contributed by atoms with Crippen molar-refractivity contribution in [1.82, 2.24) is 4.90 Å². The molecule has 1 heterocycles. The molecule has 1 aliphatic rings. The first-order valence-corrected chi connectivity index (χ1v) is 7.30. The Morgan fingerprint density at radius 3 is 2.84 bits per heavy atom. The average Bonchev–Trinajstić information content (AvgIpc) is 2.42. The van der Waals surface area contributed by atoms with Crippen LogP contribution >= 0.6 is 0 Å². The van der Waals surface area contributed by atoms with E-state index in [1.54, 1.807) is 0 Å². The van der Waals surface area contributed by atoms with Gasteiger partial charge in [0.15, 0.2) is 0 Å². The Morgan fingerprint density at radius 2 is 2.16 bits per heavy atom. The van der Waals surface area contributed by atoms with Gasteiger partial charge < -0.3 is 10.5 Å². The number of hydrogen-bond donors (Lipinski definition) is 1. The lowest BCUT2D eigenvalue weighted by molar-refractivity contribution is -0.0678. The highest BCUT2D eigenvalue weighted by atomic mass is 16.5. The van der Waals surface area contributed by atoms with Crippen LogP contribution in [0.25, 0.3) is 0 Å². The molecule has 0 bridgehead atoms. The van der Waals surface area contributed by atoms with E-state index in [-0.39, 0.29) is 6.10 Å². The Bertz CT molecular complexity index is 417. The normalized spacial score (nSPS) is 24.6. The van der Waals surface area contributed by atoms with E-state index < -0.39 is 0 Å². The van der Waals surface area contributed by atoms with E-state index in [9.17, 15) is 0 Å². The van der Waals surface area contributed by atoms with Gasteiger partial charge in [-0.3, -0.25) is 4.90 Å². The van der Waals surface area contributed by atoms with E-state index in [1.807, 2.05) is 0 Å². The van der Waals surface area contributed by atoms with Crippen LogP contribution in [0, 0.1) is 13.8 Å². The zero-order valence-corrected chi connectivity index (χ0v) is 12.4. The van der Waals surface area contributed by atoms with Crippen LogP contribution in [0.3, 0.4) is 0 Å². The van der Waals surface area contributed by atoms with E-state index in [4.69, 9.17) is 10.5 Å². The molecule has 1 aromatic carbocycles. The average molecular weight is 262 g/mol. The van der Waals surface area contributed by atoms with Crippen LogP contribution in [0.4, 0.5) is 0 Å². The van der Waals surface area contributed by atoms with Gasteiger partial charge in [0.05, 0.1) is 18.8 Å². The summed E-state index contributed by atoms with van der Waals surface area (Å²) in [5.74, 6) is 0. The predicted molar refractivity (Wildman–Crippen MR) is 79.3 cm³/mol. The molecule has 1 saturated heterocycles. The second kappa shape index (κ2) is 6.51. The number of morpholine rings is 1. The molecule has 106 valence electrons. The van der Waals surface area contributed by atoms with Gasteiger partial charge >= 0.3 is 0 Å². The molecule has 2 rings (SSSR count). The Morgan fingerprint density at radius 1 is 1.37 bits per heavy atom. The fraction of sp³-hybridized carbons (Fsp3) is 0.625. The molecular weight excluding hydrogens is 236 g/mol. The molecule has 19 heavy (non-hydrogen) atoms. The van der Waals surface area contributed by atoms with E-state index in [0.29, 0.717) is 12.6 Å². The predicted octanol–water partition coefficient (Wildman–Crippen LogP) is 2.41. The molecule has 3 nitrogen and oxygen atoms in total. The van der Waals surface area contributed by atoms with Crippen LogP contribution < -0.4 is 5.73 Å². The number of ether oxygens (including phenoxy) is 1. The second-order valence-electron chi connectivity index (χ2n) is 5.41. The summed E-state index contributed by atoms with van der Waals surface area (Å²) in [6.07, 6.45) is 1.28. The smallest absolute Gasteiger partial charge is 0.0894 e. The Balaban J connectivity index is 2.36. The molecule has 2 N–H and O–H groups in total. The van der Waals surface area contributed by atoms with Crippen LogP contribution in [0.1, 0.15) is 36.1 Å². The Kier molecular flexibility index (Phi) is 4.97. The van der Waals surface area contributed by atoms with Crippen LogP contribution in [0.2, 0.25) is 0 Å². The minimum atomic E-state index is 0.112. The molecule has 1 aliphatic heterocycles.